The Bertz CT molecular complexity index is 106. The van der Waals surface area contributed by atoms with Gasteiger partial charge in [-0.2, -0.15) is 25.3 Å². The van der Waals surface area contributed by atoms with Gasteiger partial charge in [0.1, 0.15) is 6.04 Å². The largest absolute Gasteiger partial charge is 0.480 e. The highest BCUT2D eigenvalue weighted by Gasteiger charge is 2.08. The molecule has 76 valence electrons. The lowest BCUT2D eigenvalue weighted by atomic mass is 10.2. The van der Waals surface area contributed by atoms with Crippen LogP contribution in [0.15, 0.2) is 0 Å². The highest BCUT2D eigenvalue weighted by Crippen LogP contribution is 1.97. The lowest BCUT2D eigenvalue weighted by molar-refractivity contribution is -0.138. The van der Waals surface area contributed by atoms with Crippen LogP contribution in [-0.4, -0.2) is 35.5 Å². The van der Waals surface area contributed by atoms with E-state index in [-0.39, 0.29) is 13.5 Å². The Balaban J connectivity index is -0.000000249. The van der Waals surface area contributed by atoms with Crippen molar-refractivity contribution in [1.82, 2.24) is 0 Å². The lowest BCUT2D eigenvalue weighted by Gasteiger charge is -2.02. The molecule has 0 aromatic carbocycles. The molecule has 0 radical (unpaired) electrons. The molecule has 0 fully saturated rings. The summed E-state index contributed by atoms with van der Waals surface area (Å²) < 4.78 is 0. The lowest BCUT2D eigenvalue weighted by Crippen LogP contribution is -2.30. The summed E-state index contributed by atoms with van der Waals surface area (Å²) in [6, 6.07) is -0.683. The molecular weight excluding hydrogens is 218 g/mol. The molecule has 6 heteroatoms. The summed E-state index contributed by atoms with van der Waals surface area (Å²) in [4.78, 5) is 10.1. The second-order valence-electron chi connectivity index (χ2n) is 1.73. The average Bonchev–Trinajstić information content (AvgIpc) is 2.03. The smallest absolute Gasteiger partial charge is 0.320 e. The second kappa shape index (κ2) is 14.0. The summed E-state index contributed by atoms with van der Waals surface area (Å²) in [5.41, 5.74) is 5.19. The maximum atomic E-state index is 10.1. The van der Waals surface area contributed by atoms with Gasteiger partial charge in [-0.25, -0.2) is 0 Å². The van der Waals surface area contributed by atoms with Crippen molar-refractivity contribution in [1.29, 1.82) is 0 Å². The number of aliphatic carboxylic acids is 1. The summed E-state index contributed by atoms with van der Waals surface area (Å²) in [5, 5.41) is 8.27. The van der Waals surface area contributed by atoms with Gasteiger partial charge in [0.15, 0.2) is 0 Å². The van der Waals surface area contributed by atoms with E-state index in [1.807, 2.05) is 6.26 Å². The minimum atomic E-state index is -0.913. The van der Waals surface area contributed by atoms with Crippen LogP contribution < -0.4 is 5.73 Å². The van der Waals surface area contributed by atoms with Gasteiger partial charge in [0, 0.05) is 6.38 Å². The number of hydrogen-bond donors (Lipinski definition) is 2. The summed E-state index contributed by atoms with van der Waals surface area (Å²) >= 11 is 6.24. The fourth-order valence-electron chi connectivity index (χ4n) is 0.368. The normalized spacial score (nSPS) is 10.3. The summed E-state index contributed by atoms with van der Waals surface area (Å²) in [7, 11) is 0. The minimum Gasteiger partial charge on any atom is -0.480 e. The molecule has 0 aliphatic rings. The third-order valence-electron chi connectivity index (χ3n) is 0.950. The molecule has 12 heavy (non-hydrogen) atoms. The molecule has 0 saturated heterocycles. The van der Waals surface area contributed by atoms with Gasteiger partial charge < -0.3 is 10.8 Å². The first-order valence-corrected chi connectivity index (χ1v) is 5.18. The first-order valence-electron chi connectivity index (χ1n) is 3.03. The number of rotatable bonds is 4. The number of halogens is 1. The van der Waals surface area contributed by atoms with Crippen LogP contribution in [0.3, 0.4) is 0 Å². The second-order valence-corrected chi connectivity index (χ2v) is 2.71. The highest BCUT2D eigenvalue weighted by molar-refractivity contribution is 7.98. The number of nitrogens with two attached hydrogens (primary N) is 1. The fraction of sp³-hybridized carbons (Fsp3) is 0.833. The van der Waals surface area contributed by atoms with Gasteiger partial charge in [-0.3, -0.25) is 4.79 Å². The van der Waals surface area contributed by atoms with Gasteiger partial charge >= 0.3 is 5.97 Å². The zero-order chi connectivity index (χ0) is 9.28. The Hall–Kier alpha value is 0.420. The quantitative estimate of drug-likeness (QED) is 0.715. The molecule has 3 nitrogen and oxygen atoms in total. The van der Waals surface area contributed by atoms with Crippen LogP contribution in [0, 0.1) is 0 Å². The third-order valence-corrected chi connectivity index (χ3v) is 1.59. The van der Waals surface area contributed by atoms with Crippen LogP contribution in [0.1, 0.15) is 6.42 Å². The maximum absolute atomic E-state index is 10.1. The van der Waals surface area contributed by atoms with E-state index in [9.17, 15) is 4.79 Å². The van der Waals surface area contributed by atoms with E-state index in [1.54, 1.807) is 11.8 Å². The van der Waals surface area contributed by atoms with Crippen molar-refractivity contribution >= 4 is 42.8 Å². The van der Waals surface area contributed by atoms with Crippen molar-refractivity contribution in [3.8, 4) is 0 Å². The first kappa shape index (κ1) is 18.3. The Kier molecular flexibility index (Phi) is 21.3. The molecule has 0 aliphatic heterocycles. The molecule has 0 aromatic heterocycles. The zero-order valence-electron chi connectivity index (χ0n) is 7.21. The standard InChI is InChI=1S/C5H11NO2S.CH3Cl.H2S/c1-9-3-2-4(6)5(7)8;1-2;/h4H,2-3,6H2,1H3,(H,7,8);1H3;1H2. The summed E-state index contributed by atoms with van der Waals surface area (Å²) in [6.07, 6.45) is 3.95. The molecule has 1 unspecified atom stereocenters. The van der Waals surface area contributed by atoms with E-state index in [2.05, 4.69) is 11.6 Å². The molecule has 0 heterocycles. The fourth-order valence-corrected chi connectivity index (χ4v) is 0.858. The predicted molar refractivity (Wildman–Crippen MR) is 60.8 cm³/mol. The first-order chi connectivity index (χ1) is 5.18. The predicted octanol–water partition coefficient (Wildman–Crippen LogP) is 1.12. The molecular formula is C6H16ClNO2S2. The van der Waals surface area contributed by atoms with Crippen LogP contribution in [0.2, 0.25) is 0 Å². The number of carboxylic acid groups (broad SMARTS) is 1. The van der Waals surface area contributed by atoms with E-state index < -0.39 is 12.0 Å². The van der Waals surface area contributed by atoms with Crippen molar-refractivity contribution in [2.75, 3.05) is 18.4 Å². The van der Waals surface area contributed by atoms with Gasteiger partial charge in [0.05, 0.1) is 0 Å². The molecule has 0 amide bonds. The highest BCUT2D eigenvalue weighted by atomic mass is 35.5. The number of thioether (sulfide) groups is 1. The van der Waals surface area contributed by atoms with Crippen LogP contribution in [-0.2, 0) is 4.79 Å². The van der Waals surface area contributed by atoms with Gasteiger partial charge in [-0.1, -0.05) is 0 Å². The zero-order valence-corrected chi connectivity index (χ0v) is 9.78. The summed E-state index contributed by atoms with van der Waals surface area (Å²) in [6.45, 7) is 0. The average molecular weight is 234 g/mol. The Morgan fingerprint density at radius 2 is 2.08 bits per heavy atom. The van der Waals surface area contributed by atoms with Crippen LogP contribution in [0.5, 0.6) is 0 Å². The molecule has 0 bridgehead atoms. The van der Waals surface area contributed by atoms with E-state index in [1.165, 1.54) is 6.38 Å². The summed E-state index contributed by atoms with van der Waals surface area (Å²) in [5.74, 6) is -0.1000. The van der Waals surface area contributed by atoms with Gasteiger partial charge in [0.25, 0.3) is 0 Å². The van der Waals surface area contributed by atoms with E-state index in [0.29, 0.717) is 6.42 Å². The minimum absolute atomic E-state index is 0. The molecule has 0 aromatic rings. The van der Waals surface area contributed by atoms with Crippen molar-refractivity contribution in [3.63, 3.8) is 0 Å². The number of carbonyl (C=O) groups is 1. The monoisotopic (exact) mass is 233 g/mol. The molecule has 0 rings (SSSR count). The number of hydrogen-bond acceptors (Lipinski definition) is 3. The van der Waals surface area contributed by atoms with Crippen molar-refractivity contribution in [2.45, 2.75) is 12.5 Å². The topological polar surface area (TPSA) is 63.3 Å². The molecule has 1 atom stereocenters. The van der Waals surface area contributed by atoms with Crippen molar-refractivity contribution in [3.05, 3.63) is 0 Å². The third kappa shape index (κ3) is 13.0. The Labute approximate surface area is 89.5 Å². The van der Waals surface area contributed by atoms with E-state index in [0.717, 1.165) is 5.75 Å². The van der Waals surface area contributed by atoms with Gasteiger partial charge in [-0.05, 0) is 18.4 Å². The molecule has 0 saturated carbocycles. The maximum Gasteiger partial charge on any atom is 0.320 e. The van der Waals surface area contributed by atoms with Crippen LogP contribution >= 0.6 is 36.9 Å². The van der Waals surface area contributed by atoms with E-state index >= 15 is 0 Å². The SMILES string of the molecule is CCl.CSCCC(N)C(=O)O.S. The number of carboxylic acids is 1. The number of alkyl halides is 1. The van der Waals surface area contributed by atoms with Crippen molar-refractivity contribution in [2.24, 2.45) is 5.73 Å². The van der Waals surface area contributed by atoms with Gasteiger partial charge in [-0.15, -0.1) is 11.6 Å². The van der Waals surface area contributed by atoms with Crippen molar-refractivity contribution < 1.29 is 9.90 Å². The van der Waals surface area contributed by atoms with Gasteiger partial charge in [0.2, 0.25) is 0 Å². The Morgan fingerprint density at radius 1 is 1.67 bits per heavy atom. The Morgan fingerprint density at radius 3 is 2.33 bits per heavy atom. The molecule has 3 N–H and O–H groups in total. The molecule has 0 aliphatic carbocycles. The van der Waals surface area contributed by atoms with Crippen LogP contribution in [0.25, 0.3) is 0 Å². The van der Waals surface area contributed by atoms with Crippen LogP contribution in [0.4, 0.5) is 0 Å². The van der Waals surface area contributed by atoms with E-state index in [4.69, 9.17) is 10.8 Å². The molecule has 0 spiro atoms.